The number of halogens is 1. The van der Waals surface area contributed by atoms with Crippen molar-refractivity contribution in [3.63, 3.8) is 0 Å². The van der Waals surface area contributed by atoms with Crippen LogP contribution in [0.2, 0.25) is 0 Å². The summed E-state index contributed by atoms with van der Waals surface area (Å²) in [4.78, 5) is 28.3. The van der Waals surface area contributed by atoms with Crippen molar-refractivity contribution in [2.75, 3.05) is 25.1 Å². The number of amides is 2. The van der Waals surface area contributed by atoms with Crippen molar-refractivity contribution in [3.05, 3.63) is 82.3 Å². The normalized spacial score (nSPS) is 12.0. The monoisotopic (exact) mass is 645 g/mol. The molecule has 0 aliphatic carbocycles. The number of nitrogens with zero attached hydrogens (tertiary/aromatic N) is 2. The van der Waals surface area contributed by atoms with Crippen LogP contribution in [0.15, 0.2) is 76.1 Å². The van der Waals surface area contributed by atoms with Crippen LogP contribution in [0.3, 0.4) is 0 Å². The molecule has 220 valence electrons. The number of anilines is 1. The number of ether oxygens (including phenoxy) is 2. The molecule has 0 fully saturated rings. The van der Waals surface area contributed by atoms with E-state index in [0.29, 0.717) is 11.4 Å². The zero-order chi connectivity index (χ0) is 30.3. The average Bonchev–Trinajstić information content (AvgIpc) is 2.93. The van der Waals surface area contributed by atoms with E-state index in [9.17, 15) is 18.0 Å². The van der Waals surface area contributed by atoms with E-state index in [1.54, 1.807) is 31.2 Å². The Labute approximate surface area is 250 Å². The number of benzene rings is 3. The van der Waals surface area contributed by atoms with Gasteiger partial charge in [0.15, 0.2) is 11.5 Å². The lowest BCUT2D eigenvalue weighted by molar-refractivity contribution is -0.139. The highest BCUT2D eigenvalue weighted by Gasteiger charge is 2.33. The molecule has 0 aliphatic heterocycles. The number of carbonyl (C=O) groups excluding carboxylic acids is 2. The van der Waals surface area contributed by atoms with Crippen molar-refractivity contribution in [2.24, 2.45) is 0 Å². The maximum atomic E-state index is 14.1. The van der Waals surface area contributed by atoms with Gasteiger partial charge in [0.1, 0.15) is 12.6 Å². The van der Waals surface area contributed by atoms with Crippen LogP contribution >= 0.6 is 15.9 Å². The average molecular weight is 647 g/mol. The number of hydrogen-bond acceptors (Lipinski definition) is 6. The molecule has 3 rings (SSSR count). The Balaban J connectivity index is 2.07. The summed E-state index contributed by atoms with van der Waals surface area (Å²) in [5.41, 5.74) is 2.01. The molecule has 3 aromatic carbocycles. The third kappa shape index (κ3) is 8.01. The van der Waals surface area contributed by atoms with Crippen molar-refractivity contribution in [1.29, 1.82) is 0 Å². The van der Waals surface area contributed by atoms with Crippen molar-refractivity contribution in [1.82, 2.24) is 10.2 Å². The molecule has 1 unspecified atom stereocenters. The zero-order valence-corrected chi connectivity index (χ0v) is 26.5. The molecule has 0 aromatic heterocycles. The van der Waals surface area contributed by atoms with Gasteiger partial charge in [-0.2, -0.15) is 0 Å². The fourth-order valence-corrected chi connectivity index (χ4v) is 6.04. The molecule has 3 aromatic rings. The van der Waals surface area contributed by atoms with Gasteiger partial charge in [0.25, 0.3) is 10.0 Å². The minimum Gasteiger partial charge on any atom is -0.493 e. The molecule has 0 radical (unpaired) electrons. The Morgan fingerprint density at radius 2 is 1.59 bits per heavy atom. The van der Waals surface area contributed by atoms with Crippen molar-refractivity contribution >= 4 is 43.5 Å². The van der Waals surface area contributed by atoms with E-state index >= 15 is 0 Å². The molecule has 1 N–H and O–H groups in total. The van der Waals surface area contributed by atoms with Crippen LogP contribution < -0.4 is 19.1 Å². The van der Waals surface area contributed by atoms with Crippen LogP contribution in [-0.4, -0.2) is 58.0 Å². The van der Waals surface area contributed by atoms with Crippen LogP contribution in [0.25, 0.3) is 0 Å². The summed E-state index contributed by atoms with van der Waals surface area (Å²) in [6, 6.07) is 17.5. The van der Waals surface area contributed by atoms with Crippen molar-refractivity contribution in [3.8, 4) is 11.5 Å². The fraction of sp³-hybridized carbons (Fsp3) is 0.333. The summed E-state index contributed by atoms with van der Waals surface area (Å²) in [5.74, 6) is -0.275. The quantitative estimate of drug-likeness (QED) is 0.300. The number of nitrogens with one attached hydrogen (secondary N) is 1. The van der Waals surface area contributed by atoms with Crippen LogP contribution in [0, 0.1) is 6.92 Å². The van der Waals surface area contributed by atoms with Gasteiger partial charge in [-0.3, -0.25) is 13.9 Å². The minimum absolute atomic E-state index is 0.0762. The first-order valence-corrected chi connectivity index (χ1v) is 15.3. The van der Waals surface area contributed by atoms with Gasteiger partial charge in [-0.25, -0.2) is 8.42 Å². The van der Waals surface area contributed by atoms with Crippen LogP contribution in [0.5, 0.6) is 11.5 Å². The van der Waals surface area contributed by atoms with Gasteiger partial charge < -0.3 is 19.7 Å². The van der Waals surface area contributed by atoms with Crippen molar-refractivity contribution in [2.45, 2.75) is 51.2 Å². The molecule has 0 saturated carbocycles. The molecule has 0 saturated heterocycles. The topological polar surface area (TPSA) is 105 Å². The van der Waals surface area contributed by atoms with Crippen LogP contribution in [0.4, 0.5) is 5.69 Å². The van der Waals surface area contributed by atoms with E-state index in [1.165, 1.54) is 37.3 Å². The zero-order valence-electron chi connectivity index (χ0n) is 24.0. The van der Waals surface area contributed by atoms with Crippen LogP contribution in [-0.2, 0) is 26.2 Å². The van der Waals surface area contributed by atoms with Gasteiger partial charge in [-0.1, -0.05) is 45.8 Å². The van der Waals surface area contributed by atoms with Gasteiger partial charge in [0, 0.05) is 23.1 Å². The first-order chi connectivity index (χ1) is 19.4. The Morgan fingerprint density at radius 1 is 0.927 bits per heavy atom. The number of rotatable bonds is 12. The molecule has 11 heteroatoms. The predicted octanol–water partition coefficient (Wildman–Crippen LogP) is 4.91. The van der Waals surface area contributed by atoms with Gasteiger partial charge in [0.2, 0.25) is 11.8 Å². The molecular formula is C30H36BrN3O6S. The first-order valence-electron chi connectivity index (χ1n) is 13.0. The second-order valence-corrected chi connectivity index (χ2v) is 12.6. The molecule has 41 heavy (non-hydrogen) atoms. The number of methoxy groups -OCH3 is 2. The largest absolute Gasteiger partial charge is 0.493 e. The van der Waals surface area contributed by atoms with E-state index in [1.807, 2.05) is 45.0 Å². The maximum Gasteiger partial charge on any atom is 0.264 e. The third-order valence-electron chi connectivity index (χ3n) is 6.38. The summed E-state index contributed by atoms with van der Waals surface area (Å²) >= 11 is 3.45. The summed E-state index contributed by atoms with van der Waals surface area (Å²) in [6.07, 6.45) is 0. The minimum atomic E-state index is -4.26. The number of hydrogen-bond donors (Lipinski definition) is 1. The van der Waals surface area contributed by atoms with E-state index in [-0.39, 0.29) is 29.1 Å². The van der Waals surface area contributed by atoms with Gasteiger partial charge in [0.05, 0.1) is 24.8 Å². The number of carbonyl (C=O) groups is 2. The van der Waals surface area contributed by atoms with Gasteiger partial charge in [-0.05, 0) is 69.7 Å². The highest BCUT2D eigenvalue weighted by Crippen LogP contribution is 2.32. The standard InChI is InChI=1S/C30H36BrN3O6S/c1-20(2)32-30(36)22(4)33(18-23-8-7-9-24(31)16-23)29(35)19-34(25-12-10-21(3)11-13-25)41(37,38)26-14-15-27(39-5)28(17-26)40-6/h7-17,20,22H,18-19H2,1-6H3,(H,32,36). The number of sulfonamides is 1. The Kier molecular flexibility index (Phi) is 10.8. The molecular weight excluding hydrogens is 610 g/mol. The molecule has 2 amide bonds. The van der Waals surface area contributed by atoms with Gasteiger partial charge in [-0.15, -0.1) is 0 Å². The third-order valence-corrected chi connectivity index (χ3v) is 8.65. The lowest BCUT2D eigenvalue weighted by Gasteiger charge is -2.32. The smallest absolute Gasteiger partial charge is 0.264 e. The Morgan fingerprint density at radius 3 is 2.17 bits per heavy atom. The highest BCUT2D eigenvalue weighted by atomic mass is 79.9. The molecule has 0 heterocycles. The second-order valence-electron chi connectivity index (χ2n) is 9.85. The summed E-state index contributed by atoms with van der Waals surface area (Å²) in [5, 5.41) is 2.85. The molecule has 0 spiro atoms. The lowest BCUT2D eigenvalue weighted by Crippen LogP contribution is -2.52. The first kappa shape index (κ1) is 32.0. The molecule has 1 atom stereocenters. The summed E-state index contributed by atoms with van der Waals surface area (Å²) in [6.45, 7) is 6.75. The lowest BCUT2D eigenvalue weighted by atomic mass is 10.1. The van der Waals surface area contributed by atoms with E-state index in [4.69, 9.17) is 9.47 Å². The second kappa shape index (κ2) is 13.9. The maximum absolute atomic E-state index is 14.1. The van der Waals surface area contributed by atoms with E-state index < -0.39 is 28.5 Å². The van der Waals surface area contributed by atoms with Crippen molar-refractivity contribution < 1.29 is 27.5 Å². The van der Waals surface area contributed by atoms with Gasteiger partial charge >= 0.3 is 0 Å². The summed E-state index contributed by atoms with van der Waals surface area (Å²) in [7, 11) is -1.38. The van der Waals surface area contributed by atoms with E-state index in [2.05, 4.69) is 21.2 Å². The Bertz CT molecular complexity index is 1480. The molecule has 0 aliphatic rings. The molecule has 0 bridgehead atoms. The van der Waals surface area contributed by atoms with Crippen LogP contribution in [0.1, 0.15) is 31.9 Å². The Hall–Kier alpha value is -3.57. The van der Waals surface area contributed by atoms with E-state index in [0.717, 1.165) is 19.9 Å². The summed E-state index contributed by atoms with van der Waals surface area (Å²) < 4.78 is 40.6. The highest BCUT2D eigenvalue weighted by molar-refractivity contribution is 9.10. The SMILES string of the molecule is COc1ccc(S(=O)(=O)N(CC(=O)N(Cc2cccc(Br)c2)C(C)C(=O)NC(C)C)c2ccc(C)cc2)cc1OC. The fourth-order valence-electron chi connectivity index (χ4n) is 4.16. The number of aryl methyl sites for hydroxylation is 1. The molecule has 9 nitrogen and oxygen atoms in total. The predicted molar refractivity (Wildman–Crippen MR) is 163 cm³/mol.